The molecule has 0 radical (unpaired) electrons. The van der Waals surface area contributed by atoms with Crippen LogP contribution in [0.15, 0.2) is 24.3 Å². The van der Waals surface area contributed by atoms with Gasteiger partial charge in [-0.15, -0.1) is 0 Å². The third-order valence-corrected chi connectivity index (χ3v) is 2.44. The molecule has 1 unspecified atom stereocenters. The number of phenols is 1. The standard InChI is InChI=1S/C11H11NO3/c13-7-5-9(12-11(15)6-7)8-3-1-2-4-10(8)14/h1-4,9,14H,5-6H2,(H,12,15). The summed E-state index contributed by atoms with van der Waals surface area (Å²) in [6, 6.07) is 6.32. The minimum absolute atomic E-state index is 0.0515. The largest absolute Gasteiger partial charge is 0.508 e. The maximum atomic E-state index is 11.2. The number of hydrogen-bond acceptors (Lipinski definition) is 3. The SMILES string of the molecule is O=C1CC(=O)NC(c2ccccc2O)C1. The lowest BCUT2D eigenvalue weighted by atomic mass is 9.96. The minimum atomic E-state index is -0.389. The van der Waals surface area contributed by atoms with Gasteiger partial charge >= 0.3 is 0 Å². The van der Waals surface area contributed by atoms with Crippen molar-refractivity contribution in [1.29, 1.82) is 0 Å². The van der Waals surface area contributed by atoms with Crippen LogP contribution >= 0.6 is 0 Å². The molecule has 2 rings (SSSR count). The fraction of sp³-hybridized carbons (Fsp3) is 0.273. The van der Waals surface area contributed by atoms with Gasteiger partial charge in [-0.1, -0.05) is 18.2 Å². The van der Waals surface area contributed by atoms with E-state index in [9.17, 15) is 14.7 Å². The van der Waals surface area contributed by atoms with Gasteiger partial charge in [0.2, 0.25) is 5.91 Å². The predicted octanol–water partition coefficient (Wildman–Crippen LogP) is 0.912. The number of phenolic OH excluding ortho intramolecular Hbond substituents is 1. The van der Waals surface area contributed by atoms with Gasteiger partial charge in [-0.05, 0) is 6.07 Å². The number of Topliss-reactive ketones (excluding diaryl/α,β-unsaturated/α-hetero) is 1. The van der Waals surface area contributed by atoms with E-state index in [0.717, 1.165) is 0 Å². The predicted molar refractivity (Wildman–Crippen MR) is 53.2 cm³/mol. The zero-order valence-corrected chi connectivity index (χ0v) is 8.06. The van der Waals surface area contributed by atoms with Crippen LogP contribution in [0.5, 0.6) is 5.75 Å². The van der Waals surface area contributed by atoms with Crippen LogP contribution in [-0.4, -0.2) is 16.8 Å². The molecular formula is C11H11NO3. The second-order valence-electron chi connectivity index (χ2n) is 3.60. The Morgan fingerprint density at radius 3 is 2.67 bits per heavy atom. The van der Waals surface area contributed by atoms with Gasteiger partial charge in [0.1, 0.15) is 11.5 Å². The lowest BCUT2D eigenvalue weighted by Crippen LogP contribution is -2.36. The third kappa shape index (κ3) is 1.98. The Morgan fingerprint density at radius 1 is 1.27 bits per heavy atom. The molecule has 0 aromatic heterocycles. The van der Waals surface area contributed by atoms with Crippen molar-refractivity contribution in [1.82, 2.24) is 5.32 Å². The molecule has 1 saturated heterocycles. The Kier molecular flexibility index (Phi) is 2.41. The van der Waals surface area contributed by atoms with E-state index in [-0.39, 0.29) is 36.3 Å². The summed E-state index contributed by atoms with van der Waals surface area (Å²) in [5, 5.41) is 12.3. The van der Waals surface area contributed by atoms with Gasteiger partial charge < -0.3 is 10.4 Å². The van der Waals surface area contributed by atoms with Crippen LogP contribution < -0.4 is 5.32 Å². The highest BCUT2D eigenvalue weighted by Gasteiger charge is 2.26. The Balaban J connectivity index is 2.27. The monoisotopic (exact) mass is 205 g/mol. The number of benzene rings is 1. The summed E-state index contributed by atoms with van der Waals surface area (Å²) in [6.45, 7) is 0. The second-order valence-corrected chi connectivity index (χ2v) is 3.60. The molecule has 1 fully saturated rings. The van der Waals surface area contributed by atoms with Crippen LogP contribution in [0, 0.1) is 0 Å². The first-order valence-corrected chi connectivity index (χ1v) is 4.76. The van der Waals surface area contributed by atoms with Crippen molar-refractivity contribution in [2.45, 2.75) is 18.9 Å². The molecule has 1 aromatic rings. The molecule has 1 aliphatic heterocycles. The molecule has 15 heavy (non-hydrogen) atoms. The molecule has 0 bridgehead atoms. The zero-order valence-electron chi connectivity index (χ0n) is 8.06. The van der Waals surface area contributed by atoms with Crippen LogP contribution in [0.4, 0.5) is 0 Å². The van der Waals surface area contributed by atoms with Crippen LogP contribution in [-0.2, 0) is 9.59 Å². The molecular weight excluding hydrogens is 194 g/mol. The van der Waals surface area contributed by atoms with Gasteiger partial charge in [0, 0.05) is 12.0 Å². The average molecular weight is 205 g/mol. The van der Waals surface area contributed by atoms with E-state index in [1.165, 1.54) is 0 Å². The normalized spacial score (nSPS) is 21.2. The van der Waals surface area contributed by atoms with Gasteiger partial charge in [-0.2, -0.15) is 0 Å². The van der Waals surface area contributed by atoms with Crippen LogP contribution in [0.3, 0.4) is 0 Å². The van der Waals surface area contributed by atoms with Crippen LogP contribution in [0.25, 0.3) is 0 Å². The van der Waals surface area contributed by atoms with E-state index < -0.39 is 0 Å². The summed E-state index contributed by atoms with van der Waals surface area (Å²) in [4.78, 5) is 22.4. The number of para-hydroxylation sites is 1. The van der Waals surface area contributed by atoms with Gasteiger partial charge in [0.25, 0.3) is 0 Å². The molecule has 2 N–H and O–H groups in total. The molecule has 1 aliphatic rings. The summed E-state index contributed by atoms with van der Waals surface area (Å²) in [6.07, 6.45) is 0.202. The fourth-order valence-electron chi connectivity index (χ4n) is 1.75. The lowest BCUT2D eigenvalue weighted by molar-refractivity contribution is -0.132. The molecule has 0 aliphatic carbocycles. The maximum absolute atomic E-state index is 11.2. The van der Waals surface area contributed by atoms with E-state index in [4.69, 9.17) is 0 Å². The number of amides is 1. The van der Waals surface area contributed by atoms with E-state index in [0.29, 0.717) is 5.56 Å². The quantitative estimate of drug-likeness (QED) is 0.670. The van der Waals surface area contributed by atoms with E-state index in [2.05, 4.69) is 5.32 Å². The van der Waals surface area contributed by atoms with Gasteiger partial charge in [-0.25, -0.2) is 0 Å². The van der Waals surface area contributed by atoms with Gasteiger partial charge in [0.05, 0.1) is 12.5 Å². The molecule has 0 saturated carbocycles. The molecule has 0 spiro atoms. The molecule has 4 nitrogen and oxygen atoms in total. The number of aromatic hydroxyl groups is 1. The number of hydrogen-bond donors (Lipinski definition) is 2. The molecule has 1 atom stereocenters. The Morgan fingerprint density at radius 2 is 2.00 bits per heavy atom. The van der Waals surface area contributed by atoms with Crippen molar-refractivity contribution in [3.05, 3.63) is 29.8 Å². The van der Waals surface area contributed by atoms with Crippen molar-refractivity contribution in [3.8, 4) is 5.75 Å². The molecule has 78 valence electrons. The van der Waals surface area contributed by atoms with E-state index in [1.54, 1.807) is 24.3 Å². The fourth-order valence-corrected chi connectivity index (χ4v) is 1.75. The van der Waals surface area contributed by atoms with Gasteiger partial charge in [-0.3, -0.25) is 9.59 Å². The summed E-state index contributed by atoms with van der Waals surface area (Å²) < 4.78 is 0. The second kappa shape index (κ2) is 3.73. The molecule has 1 amide bonds. The molecule has 4 heteroatoms. The third-order valence-electron chi connectivity index (χ3n) is 2.44. The van der Waals surface area contributed by atoms with Crippen molar-refractivity contribution in [3.63, 3.8) is 0 Å². The summed E-state index contributed by atoms with van der Waals surface area (Å²) >= 11 is 0. The summed E-state index contributed by atoms with van der Waals surface area (Å²) in [5.74, 6) is -0.260. The van der Waals surface area contributed by atoms with E-state index in [1.807, 2.05) is 0 Å². The minimum Gasteiger partial charge on any atom is -0.508 e. The smallest absolute Gasteiger partial charge is 0.227 e. The number of ketones is 1. The van der Waals surface area contributed by atoms with E-state index >= 15 is 0 Å². The topological polar surface area (TPSA) is 66.4 Å². The Hall–Kier alpha value is -1.84. The first kappa shape index (κ1) is 9.71. The zero-order chi connectivity index (χ0) is 10.8. The highest BCUT2D eigenvalue weighted by Crippen LogP contribution is 2.28. The van der Waals surface area contributed by atoms with Gasteiger partial charge in [0.15, 0.2) is 0 Å². The highest BCUT2D eigenvalue weighted by atomic mass is 16.3. The number of nitrogens with one attached hydrogen (secondary N) is 1. The maximum Gasteiger partial charge on any atom is 0.227 e. The van der Waals surface area contributed by atoms with Crippen LogP contribution in [0.2, 0.25) is 0 Å². The number of carbonyl (C=O) groups is 2. The van der Waals surface area contributed by atoms with Crippen LogP contribution in [0.1, 0.15) is 24.4 Å². The molecule has 1 aromatic carbocycles. The lowest BCUT2D eigenvalue weighted by Gasteiger charge is -2.23. The first-order chi connectivity index (χ1) is 7.16. The Labute approximate surface area is 86.9 Å². The number of carbonyl (C=O) groups excluding carboxylic acids is 2. The van der Waals surface area contributed by atoms with Crippen molar-refractivity contribution < 1.29 is 14.7 Å². The summed E-state index contributed by atoms with van der Waals surface area (Å²) in [5.41, 5.74) is 0.596. The van der Waals surface area contributed by atoms with Crippen molar-refractivity contribution in [2.75, 3.05) is 0 Å². The first-order valence-electron chi connectivity index (χ1n) is 4.76. The van der Waals surface area contributed by atoms with Crippen molar-refractivity contribution in [2.24, 2.45) is 0 Å². The Bertz CT molecular complexity index is 398. The molecule has 1 heterocycles. The summed E-state index contributed by atoms with van der Waals surface area (Å²) in [7, 11) is 0. The highest BCUT2D eigenvalue weighted by molar-refractivity contribution is 6.00. The number of piperidine rings is 1. The average Bonchev–Trinajstić information content (AvgIpc) is 2.16. The number of rotatable bonds is 1. The van der Waals surface area contributed by atoms with Crippen molar-refractivity contribution >= 4 is 11.7 Å².